The van der Waals surface area contributed by atoms with Gasteiger partial charge in [-0.1, -0.05) is 60.7 Å². The van der Waals surface area contributed by atoms with Crippen LogP contribution in [0.5, 0.6) is 0 Å². The summed E-state index contributed by atoms with van der Waals surface area (Å²) in [5, 5.41) is 1.73. The van der Waals surface area contributed by atoms with Crippen molar-refractivity contribution in [3.8, 4) is 11.4 Å². The molecule has 0 saturated heterocycles. The Morgan fingerprint density at radius 3 is 2.48 bits per heavy atom. The Kier molecular flexibility index (Phi) is 5.56. The molecule has 0 bridgehead atoms. The van der Waals surface area contributed by atoms with Gasteiger partial charge in [0.15, 0.2) is 0 Å². The van der Waals surface area contributed by atoms with Gasteiger partial charge in [-0.15, -0.1) is 11.8 Å². The monoisotopic (exact) mass is 346 g/mol. The van der Waals surface area contributed by atoms with E-state index in [1.54, 1.807) is 0 Å². The van der Waals surface area contributed by atoms with Crippen molar-refractivity contribution in [3.63, 3.8) is 0 Å². The highest BCUT2D eigenvalue weighted by atomic mass is 32.2. The van der Waals surface area contributed by atoms with Crippen LogP contribution in [0.15, 0.2) is 71.1 Å². The van der Waals surface area contributed by atoms with Gasteiger partial charge in [0.1, 0.15) is 5.82 Å². The predicted octanol–water partition coefficient (Wildman–Crippen LogP) is 4.53. The molecule has 1 aromatic heterocycles. The predicted molar refractivity (Wildman–Crippen MR) is 109 cm³/mol. The molecule has 2 aromatic carbocycles. The molecule has 0 unspecified atom stereocenters. The summed E-state index contributed by atoms with van der Waals surface area (Å²) in [5.74, 6) is 1.84. The summed E-state index contributed by atoms with van der Waals surface area (Å²) >= 11 is 1.84. The van der Waals surface area contributed by atoms with Crippen LogP contribution in [0.1, 0.15) is 19.4 Å². The molecule has 0 amide bonds. The molecule has 25 heavy (non-hydrogen) atoms. The lowest BCUT2D eigenvalue weighted by molar-refractivity contribution is 1.28. The number of hydrogen-bond donors (Lipinski definition) is 1. The zero-order chi connectivity index (χ0) is 17.6. The molecular formula is C22H22N2S. The number of aromatic amines is 1. The largest absolute Gasteiger partial charge is 0.338 e. The van der Waals surface area contributed by atoms with Crippen molar-refractivity contribution in [2.24, 2.45) is 0 Å². The van der Waals surface area contributed by atoms with E-state index in [0.717, 1.165) is 27.8 Å². The lowest BCUT2D eigenvalue weighted by atomic mass is 10.2. The first-order valence-corrected chi connectivity index (χ1v) is 9.28. The number of hydrogen-bond acceptors (Lipinski definition) is 2. The minimum Gasteiger partial charge on any atom is -0.338 e. The van der Waals surface area contributed by atoms with Gasteiger partial charge in [0.2, 0.25) is 0 Å². The summed E-state index contributed by atoms with van der Waals surface area (Å²) in [5.41, 5.74) is 3.65. The van der Waals surface area contributed by atoms with Crippen LogP contribution < -0.4 is 10.7 Å². The van der Waals surface area contributed by atoms with E-state index < -0.39 is 0 Å². The average Bonchev–Trinajstić information content (AvgIpc) is 3.00. The molecule has 0 aliphatic heterocycles. The second-order valence-electron chi connectivity index (χ2n) is 6.16. The maximum Gasteiger partial charge on any atom is 0.138 e. The smallest absolute Gasteiger partial charge is 0.138 e. The number of rotatable bonds is 5. The molecule has 2 nitrogen and oxygen atoms in total. The molecule has 1 heterocycles. The first kappa shape index (κ1) is 17.3. The highest BCUT2D eigenvalue weighted by Crippen LogP contribution is 2.24. The molecule has 0 spiro atoms. The molecule has 0 aliphatic rings. The summed E-state index contributed by atoms with van der Waals surface area (Å²) < 4.78 is 0. The minimum atomic E-state index is 0.843. The van der Waals surface area contributed by atoms with E-state index in [4.69, 9.17) is 0 Å². The van der Waals surface area contributed by atoms with Crippen molar-refractivity contribution >= 4 is 24.4 Å². The molecule has 0 saturated carbocycles. The van der Waals surface area contributed by atoms with Gasteiger partial charge in [-0.05, 0) is 37.6 Å². The molecule has 1 N–H and O–H groups in total. The van der Waals surface area contributed by atoms with Crippen molar-refractivity contribution in [1.82, 2.24) is 9.97 Å². The van der Waals surface area contributed by atoms with Crippen LogP contribution in [-0.4, -0.2) is 9.97 Å². The fourth-order valence-electron chi connectivity index (χ4n) is 2.39. The van der Waals surface area contributed by atoms with Crippen LogP contribution in [0.2, 0.25) is 0 Å². The number of nitrogens with one attached hydrogen (secondary N) is 1. The number of allylic oxidation sites excluding steroid dienone is 2. The van der Waals surface area contributed by atoms with Gasteiger partial charge >= 0.3 is 0 Å². The Balaban J connectivity index is 1.74. The minimum absolute atomic E-state index is 0.843. The summed E-state index contributed by atoms with van der Waals surface area (Å²) in [6.07, 6.45) is 4.06. The molecule has 3 heteroatoms. The average molecular weight is 346 g/mol. The molecule has 0 atom stereocenters. The van der Waals surface area contributed by atoms with E-state index in [1.807, 2.05) is 23.9 Å². The lowest BCUT2D eigenvalue weighted by Crippen LogP contribution is -2.21. The SMILES string of the molecule is C=c1[nH]c(-c2ccc(SCc3ccccc3)cc2)n/c1=C/C=C(C)C. The Morgan fingerprint density at radius 2 is 1.80 bits per heavy atom. The maximum absolute atomic E-state index is 4.65. The van der Waals surface area contributed by atoms with Crippen molar-refractivity contribution in [2.75, 3.05) is 0 Å². The number of aromatic nitrogens is 2. The fraction of sp³-hybridized carbons (Fsp3) is 0.136. The van der Waals surface area contributed by atoms with Gasteiger partial charge in [-0.3, -0.25) is 0 Å². The van der Waals surface area contributed by atoms with E-state index >= 15 is 0 Å². The molecule has 126 valence electrons. The molecule has 3 aromatic rings. The number of benzene rings is 2. The topological polar surface area (TPSA) is 28.7 Å². The van der Waals surface area contributed by atoms with Crippen LogP contribution in [0, 0.1) is 0 Å². The van der Waals surface area contributed by atoms with Gasteiger partial charge in [0, 0.05) is 16.2 Å². The number of H-pyrrole nitrogens is 1. The van der Waals surface area contributed by atoms with E-state index in [-0.39, 0.29) is 0 Å². The van der Waals surface area contributed by atoms with Gasteiger partial charge in [0.05, 0.1) is 10.7 Å². The standard InChI is InChI=1S/C22H22N2S/c1-16(2)9-14-21-17(3)23-22(24-21)19-10-12-20(13-11-19)25-15-18-7-5-4-6-8-18/h4-14H,3,15H2,1-2H3,(H,23,24)/b21-14+. The number of nitrogens with zero attached hydrogens (tertiary/aromatic N) is 1. The molecule has 0 radical (unpaired) electrons. The highest BCUT2D eigenvalue weighted by Gasteiger charge is 2.03. The normalized spacial score (nSPS) is 11.5. The third kappa shape index (κ3) is 4.74. The summed E-state index contributed by atoms with van der Waals surface area (Å²) in [7, 11) is 0. The zero-order valence-electron chi connectivity index (χ0n) is 14.6. The number of thioether (sulfide) groups is 1. The fourth-order valence-corrected chi connectivity index (χ4v) is 3.25. The van der Waals surface area contributed by atoms with Gasteiger partial charge < -0.3 is 4.98 Å². The Labute approximate surface area is 153 Å². The van der Waals surface area contributed by atoms with Gasteiger partial charge in [0.25, 0.3) is 0 Å². The third-order valence-electron chi connectivity index (χ3n) is 3.76. The second kappa shape index (κ2) is 8.04. The molecule has 0 fully saturated rings. The van der Waals surface area contributed by atoms with Crippen molar-refractivity contribution in [2.45, 2.75) is 24.5 Å². The molecular weight excluding hydrogens is 324 g/mol. The Bertz CT molecular complexity index is 963. The van der Waals surface area contributed by atoms with Crippen LogP contribution in [0.3, 0.4) is 0 Å². The third-order valence-corrected chi connectivity index (χ3v) is 4.84. The van der Waals surface area contributed by atoms with Crippen molar-refractivity contribution in [1.29, 1.82) is 0 Å². The highest BCUT2D eigenvalue weighted by molar-refractivity contribution is 7.98. The van der Waals surface area contributed by atoms with Crippen LogP contribution >= 0.6 is 11.8 Å². The second-order valence-corrected chi connectivity index (χ2v) is 7.21. The first-order chi connectivity index (χ1) is 12.1. The lowest BCUT2D eigenvalue weighted by Gasteiger charge is -2.03. The quantitative estimate of drug-likeness (QED) is 0.688. The number of imidazole rings is 1. The summed E-state index contributed by atoms with van der Waals surface area (Å²) in [6.45, 7) is 8.18. The summed E-state index contributed by atoms with van der Waals surface area (Å²) in [6, 6.07) is 19.0. The van der Waals surface area contributed by atoms with E-state index in [9.17, 15) is 0 Å². The molecule has 3 rings (SSSR count). The van der Waals surface area contributed by atoms with Crippen LogP contribution in [0.4, 0.5) is 0 Å². The van der Waals surface area contributed by atoms with Gasteiger partial charge in [-0.25, -0.2) is 4.98 Å². The van der Waals surface area contributed by atoms with E-state index in [0.29, 0.717) is 0 Å². The zero-order valence-corrected chi connectivity index (χ0v) is 15.4. The van der Waals surface area contributed by atoms with Crippen molar-refractivity contribution < 1.29 is 0 Å². The van der Waals surface area contributed by atoms with Gasteiger partial charge in [-0.2, -0.15) is 0 Å². The van der Waals surface area contributed by atoms with Crippen LogP contribution in [0.25, 0.3) is 24.0 Å². The van der Waals surface area contributed by atoms with E-state index in [1.165, 1.54) is 16.0 Å². The molecule has 0 aliphatic carbocycles. The Hall–Kier alpha value is -2.52. The first-order valence-electron chi connectivity index (χ1n) is 8.29. The summed E-state index contributed by atoms with van der Waals surface area (Å²) in [4.78, 5) is 9.18. The maximum atomic E-state index is 4.65. The Morgan fingerprint density at radius 1 is 1.08 bits per heavy atom. The van der Waals surface area contributed by atoms with Crippen LogP contribution in [-0.2, 0) is 5.75 Å². The van der Waals surface area contributed by atoms with Crippen molar-refractivity contribution in [3.05, 3.63) is 82.5 Å². The van der Waals surface area contributed by atoms with E-state index in [2.05, 4.69) is 85.0 Å².